The number of aromatic hydroxyl groups is 3. The zero-order valence-electron chi connectivity index (χ0n) is 29.6. The number of rotatable bonds is 6. The number of nitrogens with one attached hydrogen (secondary N) is 1. The number of phenolic OH excluding ortho intramolecular Hbond substituents is 2. The van der Waals surface area contributed by atoms with Crippen molar-refractivity contribution in [2.75, 3.05) is 24.3 Å². The molecule has 2 aliphatic heterocycles. The molecule has 0 spiro atoms. The van der Waals surface area contributed by atoms with E-state index in [4.69, 9.17) is 9.15 Å². The van der Waals surface area contributed by atoms with Crippen LogP contribution in [0.1, 0.15) is 73.4 Å². The van der Waals surface area contributed by atoms with Crippen LogP contribution < -0.4 is 15.5 Å². The predicted molar refractivity (Wildman–Crippen MR) is 216 cm³/mol. The molecule has 0 aliphatic carbocycles. The van der Waals surface area contributed by atoms with Crippen LogP contribution in [0.3, 0.4) is 0 Å². The summed E-state index contributed by atoms with van der Waals surface area (Å²) in [5.74, 6) is 2.17. The molecule has 4 atom stereocenters. The lowest BCUT2D eigenvalue weighted by atomic mass is 9.88. The third-order valence-corrected chi connectivity index (χ3v) is 14.4. The molecule has 0 amide bonds. The third kappa shape index (κ3) is 8.99. The molecule has 280 valence electrons. The van der Waals surface area contributed by atoms with Gasteiger partial charge < -0.3 is 40.0 Å². The maximum atomic E-state index is 14.2. The van der Waals surface area contributed by atoms with Crippen molar-refractivity contribution < 1.29 is 34.7 Å². The molecule has 2 bridgehead atoms. The fourth-order valence-electron chi connectivity index (χ4n) is 6.86. The SMILES string of the molecule is CN[C@H]1CSSCc2c(-c3oc4cc(O)cc(O[C@@H]5CC[C@H](O)CSSCCC[C@@H]5O)c4c(=O)c3O)cc(CC(C)C)c(O)c2Cc2cccc1c2. The Balaban J connectivity index is 1.48. The van der Waals surface area contributed by atoms with Crippen LogP contribution >= 0.6 is 43.2 Å². The normalized spacial score (nSPS) is 22.0. The third-order valence-electron chi connectivity index (χ3n) is 9.56. The van der Waals surface area contributed by atoms with Crippen LogP contribution in [0.15, 0.2) is 51.7 Å². The zero-order valence-corrected chi connectivity index (χ0v) is 32.9. The van der Waals surface area contributed by atoms with Crippen LogP contribution in [0.25, 0.3) is 22.3 Å². The van der Waals surface area contributed by atoms with Gasteiger partial charge in [0, 0.05) is 58.7 Å². The molecule has 1 aromatic heterocycles. The second kappa shape index (κ2) is 17.7. The minimum Gasteiger partial charge on any atom is -0.508 e. The minimum atomic E-state index is -0.874. The van der Waals surface area contributed by atoms with E-state index in [-0.39, 0.29) is 45.9 Å². The fourth-order valence-corrected chi connectivity index (χ4v) is 11.6. The Hall–Kier alpha value is -2.65. The number of hydrogen-bond acceptors (Lipinski definition) is 13. The van der Waals surface area contributed by atoms with E-state index in [1.807, 2.05) is 25.2 Å². The highest BCUT2D eigenvalue weighted by atomic mass is 33.1. The summed E-state index contributed by atoms with van der Waals surface area (Å²) in [5, 5.41) is 59.4. The summed E-state index contributed by atoms with van der Waals surface area (Å²) in [7, 11) is 8.55. The second-order valence-corrected chi connectivity index (χ2v) is 19.1. The Morgan fingerprint density at radius 1 is 0.942 bits per heavy atom. The maximum absolute atomic E-state index is 14.2. The van der Waals surface area contributed by atoms with E-state index in [2.05, 4.69) is 31.3 Å². The smallest absolute Gasteiger partial charge is 0.238 e. The van der Waals surface area contributed by atoms with E-state index in [9.17, 15) is 30.3 Å². The number of phenols is 2. The Morgan fingerprint density at radius 3 is 2.54 bits per heavy atom. The van der Waals surface area contributed by atoms with Crippen molar-refractivity contribution in [3.05, 3.63) is 80.5 Å². The summed E-state index contributed by atoms with van der Waals surface area (Å²) in [6.07, 6.45) is 0.693. The van der Waals surface area contributed by atoms with Crippen LogP contribution in [-0.2, 0) is 18.6 Å². The highest BCUT2D eigenvalue weighted by molar-refractivity contribution is 8.76. The van der Waals surface area contributed by atoms with Crippen molar-refractivity contribution >= 4 is 54.1 Å². The molecule has 9 nitrogen and oxygen atoms in total. The second-order valence-electron chi connectivity index (χ2n) is 13.9. The molecule has 0 unspecified atom stereocenters. The van der Waals surface area contributed by atoms with Gasteiger partial charge in [0.1, 0.15) is 34.3 Å². The maximum Gasteiger partial charge on any atom is 0.238 e. The van der Waals surface area contributed by atoms with Crippen LogP contribution in [0, 0.1) is 5.92 Å². The van der Waals surface area contributed by atoms with Crippen LogP contribution in [0.5, 0.6) is 23.0 Å². The molecule has 6 rings (SSSR count). The van der Waals surface area contributed by atoms with E-state index in [1.165, 1.54) is 12.1 Å². The van der Waals surface area contributed by atoms with Gasteiger partial charge in [0.15, 0.2) is 5.76 Å². The topological polar surface area (TPSA) is 153 Å². The predicted octanol–water partition coefficient (Wildman–Crippen LogP) is 7.95. The molecule has 4 aromatic rings. The van der Waals surface area contributed by atoms with Gasteiger partial charge in [0.25, 0.3) is 0 Å². The monoisotopic (exact) mass is 785 g/mol. The number of benzene rings is 3. The highest BCUT2D eigenvalue weighted by Gasteiger charge is 2.29. The van der Waals surface area contributed by atoms with E-state index in [1.54, 1.807) is 43.2 Å². The van der Waals surface area contributed by atoms with Gasteiger partial charge >= 0.3 is 0 Å². The quantitative estimate of drug-likeness (QED) is 0.105. The molecule has 0 radical (unpaired) electrons. The lowest BCUT2D eigenvalue weighted by Gasteiger charge is -2.25. The molecule has 52 heavy (non-hydrogen) atoms. The van der Waals surface area contributed by atoms with Gasteiger partial charge in [0.05, 0.1) is 12.2 Å². The average Bonchev–Trinajstić information content (AvgIpc) is 3.15. The first-order valence-electron chi connectivity index (χ1n) is 17.7. The van der Waals surface area contributed by atoms with Gasteiger partial charge in [-0.25, -0.2) is 0 Å². The van der Waals surface area contributed by atoms with Gasteiger partial charge in [-0.05, 0) is 73.4 Å². The Kier molecular flexibility index (Phi) is 13.3. The number of aliphatic hydroxyl groups is 2. The zero-order chi connectivity index (χ0) is 36.9. The fraction of sp³-hybridized carbons (Fsp3) is 0.462. The van der Waals surface area contributed by atoms with E-state index < -0.39 is 29.5 Å². The molecule has 3 aromatic carbocycles. The Morgan fingerprint density at radius 2 is 1.75 bits per heavy atom. The summed E-state index contributed by atoms with van der Waals surface area (Å²) >= 11 is 0. The van der Waals surface area contributed by atoms with Crippen molar-refractivity contribution in [2.45, 2.75) is 82.5 Å². The first kappa shape index (κ1) is 39.1. The first-order chi connectivity index (χ1) is 25.0. The molecule has 3 heterocycles. The van der Waals surface area contributed by atoms with E-state index in [0.717, 1.165) is 34.6 Å². The van der Waals surface area contributed by atoms with Crippen molar-refractivity contribution in [3.63, 3.8) is 0 Å². The number of aliphatic hydroxyl groups excluding tert-OH is 2. The molecular formula is C39H47NO8S4. The van der Waals surface area contributed by atoms with Crippen molar-refractivity contribution in [1.82, 2.24) is 5.32 Å². The lowest BCUT2D eigenvalue weighted by molar-refractivity contribution is 0.0190. The van der Waals surface area contributed by atoms with Gasteiger partial charge in [-0.15, -0.1) is 0 Å². The van der Waals surface area contributed by atoms with Gasteiger partial charge in [-0.2, -0.15) is 0 Å². The van der Waals surface area contributed by atoms with Crippen LogP contribution in [0.4, 0.5) is 0 Å². The van der Waals surface area contributed by atoms with Crippen LogP contribution in [-0.4, -0.2) is 68.2 Å². The lowest BCUT2D eigenvalue weighted by Crippen LogP contribution is -2.33. The molecule has 2 aliphatic rings. The highest BCUT2D eigenvalue weighted by Crippen LogP contribution is 2.45. The van der Waals surface area contributed by atoms with Crippen molar-refractivity contribution in [3.8, 4) is 34.3 Å². The Labute approximate surface area is 320 Å². The molecule has 1 saturated heterocycles. The average molecular weight is 786 g/mol. The van der Waals surface area contributed by atoms with Crippen molar-refractivity contribution in [2.24, 2.45) is 5.92 Å². The molecular weight excluding hydrogens is 739 g/mol. The number of fused-ring (bicyclic) bond motifs is 4. The summed E-state index contributed by atoms with van der Waals surface area (Å²) in [6, 6.07) is 12.9. The number of ether oxygens (including phenoxy) is 1. The first-order valence-corrected chi connectivity index (χ1v) is 22.7. The standard InChI is InChI=1S/C39H47NO8S4/c1-21(2)12-24-15-28(29-19-51-52-20-30(40-3)23-7-4-6-22(13-23)14-27(29)36(24)44)39-38(46)37(45)35-33(16-26(42)17-34(35)48-39)47-32-10-9-25(41)18-50-49-11-5-8-31(32)43/h4,6-7,13,15-17,21,25,30-32,40-44,46H,5,8-12,14,18-20H2,1-3H3/t25-,30-,31-,32+/m0/s1. The van der Waals surface area contributed by atoms with Gasteiger partial charge in [0.2, 0.25) is 11.2 Å². The molecule has 1 fully saturated rings. The van der Waals surface area contributed by atoms with Crippen molar-refractivity contribution in [1.29, 1.82) is 0 Å². The molecule has 13 heteroatoms. The molecule has 0 saturated carbocycles. The van der Waals surface area contributed by atoms with E-state index >= 15 is 0 Å². The molecule has 6 N–H and O–H groups in total. The Bertz CT molecular complexity index is 1940. The summed E-state index contributed by atoms with van der Waals surface area (Å²) < 4.78 is 12.7. The summed E-state index contributed by atoms with van der Waals surface area (Å²) in [5.41, 5.74) is 4.11. The number of hydrogen-bond donors (Lipinski definition) is 6. The largest absolute Gasteiger partial charge is 0.508 e. The van der Waals surface area contributed by atoms with E-state index in [0.29, 0.717) is 60.3 Å². The van der Waals surface area contributed by atoms with Gasteiger partial charge in [-0.3, -0.25) is 4.79 Å². The van der Waals surface area contributed by atoms with Gasteiger partial charge in [-0.1, -0.05) is 81.3 Å². The minimum absolute atomic E-state index is 0.0146. The van der Waals surface area contributed by atoms with Crippen LogP contribution in [0.2, 0.25) is 0 Å². The summed E-state index contributed by atoms with van der Waals surface area (Å²) in [6.45, 7) is 4.13. The summed E-state index contributed by atoms with van der Waals surface area (Å²) in [4.78, 5) is 14.2.